The first-order chi connectivity index (χ1) is 28.5. The molecule has 0 aliphatic heterocycles. The number of halogens is 6. The van der Waals surface area contributed by atoms with Crippen molar-refractivity contribution in [3.8, 4) is 0 Å². The van der Waals surface area contributed by atoms with Crippen LogP contribution >= 0.6 is 136 Å². The number of nitrogens with zero attached hydrogens (tertiary/aromatic N) is 2. The molecule has 5 unspecified atom stereocenters. The van der Waals surface area contributed by atoms with Crippen LogP contribution in [0.25, 0.3) is 0 Å². The molecule has 0 aliphatic rings. The Morgan fingerprint density at radius 1 is 0.525 bits per heavy atom. The molecule has 61 heavy (non-hydrogen) atoms. The van der Waals surface area contributed by atoms with E-state index >= 15 is 0 Å². The minimum atomic E-state index is -2.08. The van der Waals surface area contributed by atoms with E-state index in [1.165, 1.54) is 14.1 Å². The molecular weight excluding hydrogens is 1490 g/mol. The maximum atomic E-state index is 13.8. The molecule has 2 aromatic carbocycles. The fourth-order valence-electron chi connectivity index (χ4n) is 5.05. The van der Waals surface area contributed by atoms with Crippen molar-refractivity contribution in [1.82, 2.24) is 20.4 Å². The van der Waals surface area contributed by atoms with E-state index in [-0.39, 0.29) is 87.6 Å². The number of likely N-dealkylation sites (N-methyl/N-ethyl adjacent to an activating group) is 2. The average molecular weight is 1540 g/mol. The van der Waals surface area contributed by atoms with Gasteiger partial charge in [0, 0.05) is 47.4 Å². The highest BCUT2D eigenvalue weighted by atomic mass is 127. The largest absolute Gasteiger partial charge is 0.394 e. The Morgan fingerprint density at radius 2 is 0.885 bits per heavy atom. The van der Waals surface area contributed by atoms with Crippen LogP contribution in [0.15, 0.2) is 0 Å². The van der Waals surface area contributed by atoms with Crippen LogP contribution in [-0.2, 0) is 9.59 Å². The van der Waals surface area contributed by atoms with E-state index in [2.05, 4.69) is 21.3 Å². The van der Waals surface area contributed by atoms with Crippen LogP contribution in [0, 0.1) is 21.4 Å². The first-order valence-corrected chi connectivity index (χ1v) is 23.9. The van der Waals surface area contributed by atoms with Crippen molar-refractivity contribution < 1.29 is 74.7 Å². The van der Waals surface area contributed by atoms with Crippen LogP contribution < -0.4 is 21.3 Å². The number of aliphatic hydroxyl groups excluding tert-OH is 9. The van der Waals surface area contributed by atoms with Crippen molar-refractivity contribution >= 4 is 182 Å². The van der Waals surface area contributed by atoms with Crippen LogP contribution in [0.1, 0.15) is 47.9 Å². The fraction of sp³-hybridized carbons (Fsp3) is 0.471. The Bertz CT molecular complexity index is 1980. The number of carbonyl (C=O) groups excluding carboxylic acids is 6. The molecule has 0 heterocycles. The molecule has 21 nitrogen and oxygen atoms in total. The summed E-state index contributed by atoms with van der Waals surface area (Å²) in [6.45, 7) is -3.81. The second-order valence-corrected chi connectivity index (χ2v) is 19.4. The van der Waals surface area contributed by atoms with Gasteiger partial charge in [-0.1, -0.05) is 0 Å². The third-order valence-electron chi connectivity index (χ3n) is 8.32. The van der Waals surface area contributed by atoms with Crippen LogP contribution in [0.4, 0.5) is 11.4 Å². The van der Waals surface area contributed by atoms with Gasteiger partial charge in [-0.3, -0.25) is 28.8 Å². The van der Waals surface area contributed by atoms with E-state index in [1.807, 2.05) is 0 Å². The highest BCUT2D eigenvalue weighted by Gasteiger charge is 2.34. The second kappa shape index (κ2) is 26.4. The van der Waals surface area contributed by atoms with Crippen LogP contribution in [0.3, 0.4) is 0 Å². The van der Waals surface area contributed by atoms with Crippen molar-refractivity contribution in [3.05, 3.63) is 43.7 Å². The molecule has 0 aliphatic carbocycles. The molecule has 2 rings (SSSR count). The van der Waals surface area contributed by atoms with E-state index < -0.39 is 92.4 Å². The average Bonchev–Trinajstić information content (AvgIpc) is 3.22. The third kappa shape index (κ3) is 14.6. The molecule has 0 spiro atoms. The zero-order valence-electron chi connectivity index (χ0n) is 31.9. The smallest absolute Gasteiger partial charge is 0.256 e. The molecule has 0 bridgehead atoms. The number of benzene rings is 2. The normalized spacial score (nSPS) is 13.7. The molecule has 340 valence electrons. The lowest BCUT2D eigenvalue weighted by molar-refractivity contribution is -0.131. The zero-order chi connectivity index (χ0) is 46.6. The Hall–Kier alpha value is -0.720. The summed E-state index contributed by atoms with van der Waals surface area (Å²) in [5.41, 5.74) is -0.316. The number of nitrogens with one attached hydrogen (secondary N) is 4. The van der Waals surface area contributed by atoms with E-state index in [1.54, 1.807) is 136 Å². The number of carbonyl (C=O) groups is 6. The molecule has 2 aromatic rings. The predicted octanol–water partition coefficient (Wildman–Crippen LogP) is -1.34. The van der Waals surface area contributed by atoms with Crippen molar-refractivity contribution in [2.45, 2.75) is 36.9 Å². The zero-order valence-corrected chi connectivity index (χ0v) is 44.8. The molecule has 13 N–H and O–H groups in total. The maximum Gasteiger partial charge on any atom is 0.256 e. The van der Waals surface area contributed by atoms with Crippen LogP contribution in [0.2, 0.25) is 0 Å². The molecule has 27 heteroatoms. The standard InChI is InChI=1S/C34H42I6N6O15/c1-45(6-12(51)8-47)33(60)18-20(35)16(22(37)26(24(18)39)43-29(56)15(54)11-50)30(57)41-4-3-5-42-31(58)17-21(36)19(34(61)46(2)7-13(52)9-48)25(40)27(23(17)38)44-32(59)28(55)14(53)10-49/h12-15,28,47-55H,3-11H2,1-2H3,(H,41,57)(H,42,58)(H,43,56)(H,44,59). The summed E-state index contributed by atoms with van der Waals surface area (Å²) in [6.07, 6.45) is -8.19. The van der Waals surface area contributed by atoms with Crippen molar-refractivity contribution in [2.75, 3.05) is 77.3 Å². The molecular formula is C34H42I6N6O15. The van der Waals surface area contributed by atoms with Gasteiger partial charge in [-0.05, 0) is 142 Å². The van der Waals surface area contributed by atoms with Gasteiger partial charge in [0.15, 0.2) is 12.2 Å². The number of amides is 6. The van der Waals surface area contributed by atoms with Gasteiger partial charge in [-0.2, -0.15) is 0 Å². The SMILES string of the molecule is CN(CC(O)CO)C(=O)c1c(I)c(NC(=O)C(O)CO)c(I)c(C(=O)NCCCNC(=O)c2c(I)c(NC(=O)C(O)C(O)CO)c(I)c(C(=O)N(C)CC(O)CO)c2I)c1I. The van der Waals surface area contributed by atoms with Gasteiger partial charge in [0.1, 0.15) is 6.10 Å². The first kappa shape index (κ1) is 56.4. The topological polar surface area (TPSA) is 339 Å². The third-order valence-corrected chi connectivity index (χ3v) is 14.8. The molecule has 0 aromatic heterocycles. The van der Waals surface area contributed by atoms with Gasteiger partial charge < -0.3 is 77.0 Å². The summed E-state index contributed by atoms with van der Waals surface area (Å²) in [4.78, 5) is 82.6. The lowest BCUT2D eigenvalue weighted by Crippen LogP contribution is -2.41. The minimum Gasteiger partial charge on any atom is -0.394 e. The quantitative estimate of drug-likeness (QED) is 0.0508. The number of rotatable bonds is 21. The molecule has 5 atom stereocenters. The summed E-state index contributed by atoms with van der Waals surface area (Å²) in [5, 5.41) is 97.3. The van der Waals surface area contributed by atoms with Gasteiger partial charge >= 0.3 is 0 Å². The van der Waals surface area contributed by atoms with E-state index in [4.69, 9.17) is 0 Å². The predicted molar refractivity (Wildman–Crippen MR) is 268 cm³/mol. The molecule has 6 amide bonds. The second-order valence-electron chi connectivity index (χ2n) is 12.9. The number of hydrogen-bond acceptors (Lipinski definition) is 15. The van der Waals surface area contributed by atoms with Gasteiger partial charge in [-0.15, -0.1) is 0 Å². The van der Waals surface area contributed by atoms with Crippen molar-refractivity contribution in [2.24, 2.45) is 0 Å². The molecule has 0 saturated carbocycles. The Morgan fingerprint density at radius 3 is 1.23 bits per heavy atom. The Labute approximate surface area is 430 Å². The summed E-state index contributed by atoms with van der Waals surface area (Å²) >= 11 is 10.7. The molecule has 0 radical (unpaired) electrons. The summed E-state index contributed by atoms with van der Waals surface area (Å²) in [6, 6.07) is 0. The lowest BCUT2D eigenvalue weighted by Gasteiger charge is -2.25. The maximum absolute atomic E-state index is 13.8. The fourth-order valence-corrected chi connectivity index (χ4v) is 13.8. The molecule has 0 fully saturated rings. The highest BCUT2D eigenvalue weighted by molar-refractivity contribution is 14.1. The van der Waals surface area contributed by atoms with E-state index in [0.29, 0.717) is 0 Å². The number of aliphatic hydroxyl groups is 9. The minimum absolute atomic E-state index is 0.0130. The Balaban J connectivity index is 2.46. The van der Waals surface area contributed by atoms with E-state index in [0.717, 1.165) is 9.80 Å². The van der Waals surface area contributed by atoms with Crippen LogP contribution in [0.5, 0.6) is 0 Å². The Kier molecular flexibility index (Phi) is 24.4. The van der Waals surface area contributed by atoms with Crippen molar-refractivity contribution in [3.63, 3.8) is 0 Å². The van der Waals surface area contributed by atoms with Crippen molar-refractivity contribution in [1.29, 1.82) is 0 Å². The van der Waals surface area contributed by atoms with E-state index in [9.17, 15) is 74.7 Å². The van der Waals surface area contributed by atoms with Crippen LogP contribution in [-0.4, -0.2) is 188 Å². The lowest BCUT2D eigenvalue weighted by atomic mass is 10.1. The van der Waals surface area contributed by atoms with Gasteiger partial charge in [0.05, 0.1) is 86.5 Å². The summed E-state index contributed by atoms with van der Waals surface area (Å²) < 4.78 is 0.924. The summed E-state index contributed by atoms with van der Waals surface area (Å²) in [5.74, 6) is -4.96. The molecule has 0 saturated heterocycles. The summed E-state index contributed by atoms with van der Waals surface area (Å²) in [7, 11) is 2.70. The monoisotopic (exact) mass is 1540 g/mol. The number of anilines is 2. The van der Waals surface area contributed by atoms with Gasteiger partial charge in [0.2, 0.25) is 0 Å². The number of hydrogen-bond donors (Lipinski definition) is 13. The highest BCUT2D eigenvalue weighted by Crippen LogP contribution is 2.38. The van der Waals surface area contributed by atoms with Gasteiger partial charge in [0.25, 0.3) is 35.4 Å². The first-order valence-electron chi connectivity index (χ1n) is 17.5. The van der Waals surface area contributed by atoms with Gasteiger partial charge in [-0.25, -0.2) is 0 Å².